The van der Waals surface area contributed by atoms with Crippen molar-refractivity contribution in [1.82, 2.24) is 24.2 Å². The number of piperidine rings is 1. The lowest BCUT2D eigenvalue weighted by atomic mass is 9.96. The van der Waals surface area contributed by atoms with Crippen molar-refractivity contribution >= 4 is 23.4 Å². The predicted octanol–water partition coefficient (Wildman–Crippen LogP) is 3.56. The van der Waals surface area contributed by atoms with Crippen LogP contribution >= 0.6 is 11.9 Å². The molecule has 2 atom stereocenters. The van der Waals surface area contributed by atoms with Crippen LogP contribution in [-0.4, -0.2) is 45.1 Å². The molecule has 5 rings (SSSR count). The maximum Gasteiger partial charge on any atom is 0.203 e. The van der Waals surface area contributed by atoms with Crippen LogP contribution in [0.3, 0.4) is 0 Å². The molecule has 30 heavy (non-hydrogen) atoms. The van der Waals surface area contributed by atoms with Crippen molar-refractivity contribution in [2.45, 2.75) is 31.7 Å². The zero-order valence-corrected chi connectivity index (χ0v) is 17.7. The van der Waals surface area contributed by atoms with Gasteiger partial charge in [-0.05, 0) is 51.4 Å². The number of likely N-dealkylation sites (N-methyl/N-ethyl adjacent to an activating group) is 1. The molecule has 8 nitrogen and oxygen atoms in total. The second kappa shape index (κ2) is 7.80. The molecular weight excluding hydrogens is 398 g/mol. The highest BCUT2D eigenvalue weighted by Crippen LogP contribution is 2.34. The second-order valence-corrected chi connectivity index (χ2v) is 8.95. The standard InChI is InChI=1S/C21H23N7OS/c1-13-6-20(30-27(13)2)26-19-8-18(14-4-3-5-23-10-14)25-21-17(11-24-28(19)21)15-7-16(9-22)29-12-15/h6-8,11-14,23,26H,3-5,10H2,1-2H3. The third-order valence-corrected chi connectivity index (χ3v) is 6.74. The number of nitrogens with one attached hydrogen (secondary N) is 2. The lowest BCUT2D eigenvalue weighted by molar-refractivity contribution is 0.455. The van der Waals surface area contributed by atoms with Crippen molar-refractivity contribution in [3.63, 3.8) is 0 Å². The number of hydrogen-bond donors (Lipinski definition) is 2. The van der Waals surface area contributed by atoms with Crippen molar-refractivity contribution in [3.8, 4) is 17.2 Å². The van der Waals surface area contributed by atoms with Gasteiger partial charge in [0.25, 0.3) is 0 Å². The molecule has 3 aromatic heterocycles. The Morgan fingerprint density at radius 3 is 3.00 bits per heavy atom. The molecular formula is C21H23N7OS. The number of furan rings is 1. The Balaban J connectivity index is 1.60. The Kier molecular flexibility index (Phi) is 4.98. The molecule has 2 N–H and O–H groups in total. The van der Waals surface area contributed by atoms with Gasteiger partial charge < -0.3 is 15.1 Å². The molecule has 0 radical (unpaired) electrons. The van der Waals surface area contributed by atoms with Crippen LogP contribution in [0.5, 0.6) is 0 Å². The summed E-state index contributed by atoms with van der Waals surface area (Å²) in [6.45, 7) is 4.15. The summed E-state index contributed by atoms with van der Waals surface area (Å²) in [6, 6.07) is 6.24. The Bertz CT molecular complexity index is 1150. The van der Waals surface area contributed by atoms with E-state index in [1.54, 1.807) is 30.5 Å². The van der Waals surface area contributed by atoms with Gasteiger partial charge in [-0.25, -0.2) is 9.29 Å². The molecule has 0 amide bonds. The summed E-state index contributed by atoms with van der Waals surface area (Å²) >= 11 is 1.69. The Labute approximate surface area is 179 Å². The van der Waals surface area contributed by atoms with Crippen molar-refractivity contribution < 1.29 is 4.42 Å². The summed E-state index contributed by atoms with van der Waals surface area (Å²) in [5.74, 6) is 1.52. The number of nitrogens with zero attached hydrogens (tertiary/aromatic N) is 5. The van der Waals surface area contributed by atoms with E-state index in [0.29, 0.717) is 12.0 Å². The lowest BCUT2D eigenvalue weighted by Gasteiger charge is -2.23. The molecule has 9 heteroatoms. The first-order valence-electron chi connectivity index (χ1n) is 10.1. The van der Waals surface area contributed by atoms with Gasteiger partial charge in [-0.2, -0.15) is 14.9 Å². The first-order valence-corrected chi connectivity index (χ1v) is 10.9. The minimum atomic E-state index is 0.278. The zero-order chi connectivity index (χ0) is 20.7. The summed E-state index contributed by atoms with van der Waals surface area (Å²) in [7, 11) is 2.08. The first kappa shape index (κ1) is 19.2. The maximum absolute atomic E-state index is 9.11. The number of anilines is 1. The summed E-state index contributed by atoms with van der Waals surface area (Å²) in [5, 5.41) is 21.8. The number of aromatic nitrogens is 3. The number of fused-ring (bicyclic) bond motifs is 1. The minimum absolute atomic E-state index is 0.278. The molecule has 2 aliphatic rings. The van der Waals surface area contributed by atoms with Crippen molar-refractivity contribution in [3.05, 3.63) is 47.2 Å². The van der Waals surface area contributed by atoms with Crippen LogP contribution in [0.15, 0.2) is 40.1 Å². The van der Waals surface area contributed by atoms with Crippen molar-refractivity contribution in [2.75, 3.05) is 25.5 Å². The van der Waals surface area contributed by atoms with E-state index in [4.69, 9.17) is 14.7 Å². The molecule has 2 aliphatic heterocycles. The average Bonchev–Trinajstić information content (AvgIpc) is 3.47. The molecule has 154 valence electrons. The minimum Gasteiger partial charge on any atom is -0.453 e. The van der Waals surface area contributed by atoms with Gasteiger partial charge in [-0.1, -0.05) is 0 Å². The zero-order valence-electron chi connectivity index (χ0n) is 16.9. The van der Waals surface area contributed by atoms with Gasteiger partial charge in [-0.15, -0.1) is 0 Å². The normalized spacial score (nSPS) is 22.2. The predicted molar refractivity (Wildman–Crippen MR) is 117 cm³/mol. The molecule has 0 saturated carbocycles. The smallest absolute Gasteiger partial charge is 0.203 e. The third-order valence-electron chi connectivity index (χ3n) is 5.69. The molecule has 0 aliphatic carbocycles. The van der Waals surface area contributed by atoms with E-state index in [1.807, 2.05) is 10.6 Å². The van der Waals surface area contributed by atoms with Crippen LogP contribution in [-0.2, 0) is 0 Å². The van der Waals surface area contributed by atoms with E-state index < -0.39 is 0 Å². The Morgan fingerprint density at radius 1 is 1.40 bits per heavy atom. The van der Waals surface area contributed by atoms with Crippen LogP contribution < -0.4 is 10.6 Å². The lowest BCUT2D eigenvalue weighted by Crippen LogP contribution is -2.29. The van der Waals surface area contributed by atoms with E-state index in [0.717, 1.165) is 59.2 Å². The quantitative estimate of drug-likeness (QED) is 0.618. The fourth-order valence-electron chi connectivity index (χ4n) is 3.91. The van der Waals surface area contributed by atoms with Gasteiger partial charge in [0, 0.05) is 41.8 Å². The summed E-state index contributed by atoms with van der Waals surface area (Å²) < 4.78 is 9.36. The number of nitriles is 1. The highest BCUT2D eigenvalue weighted by Gasteiger charge is 2.23. The summed E-state index contributed by atoms with van der Waals surface area (Å²) in [5.41, 5.74) is 3.47. The fourth-order valence-corrected chi connectivity index (χ4v) is 4.85. The topological polar surface area (TPSA) is 94.4 Å². The van der Waals surface area contributed by atoms with Crippen LogP contribution in [0.4, 0.5) is 5.82 Å². The number of rotatable bonds is 4. The van der Waals surface area contributed by atoms with E-state index >= 15 is 0 Å². The van der Waals surface area contributed by atoms with Gasteiger partial charge in [0.15, 0.2) is 5.65 Å². The van der Waals surface area contributed by atoms with E-state index in [2.05, 4.69) is 46.2 Å². The molecule has 0 bridgehead atoms. The van der Waals surface area contributed by atoms with Gasteiger partial charge >= 0.3 is 0 Å². The highest BCUT2D eigenvalue weighted by molar-refractivity contribution is 8.01. The Morgan fingerprint density at radius 2 is 2.30 bits per heavy atom. The Hall–Kier alpha value is -2.80. The monoisotopic (exact) mass is 421 g/mol. The van der Waals surface area contributed by atoms with Crippen molar-refractivity contribution in [1.29, 1.82) is 5.26 Å². The van der Waals surface area contributed by atoms with Crippen molar-refractivity contribution in [2.24, 2.45) is 0 Å². The highest BCUT2D eigenvalue weighted by atomic mass is 32.2. The van der Waals surface area contributed by atoms with Gasteiger partial charge in [-0.3, -0.25) is 0 Å². The third kappa shape index (κ3) is 3.47. The van der Waals surface area contributed by atoms with Crippen LogP contribution in [0.2, 0.25) is 0 Å². The average molecular weight is 422 g/mol. The van der Waals surface area contributed by atoms with Gasteiger partial charge in [0.05, 0.1) is 16.9 Å². The largest absolute Gasteiger partial charge is 0.453 e. The summed E-state index contributed by atoms with van der Waals surface area (Å²) in [4.78, 5) is 4.99. The maximum atomic E-state index is 9.11. The van der Waals surface area contributed by atoms with E-state index in [-0.39, 0.29) is 5.76 Å². The second-order valence-electron chi connectivity index (χ2n) is 7.75. The van der Waals surface area contributed by atoms with Crippen LogP contribution in [0.1, 0.15) is 37.1 Å². The summed E-state index contributed by atoms with van der Waals surface area (Å²) in [6.07, 6.45) is 7.83. The molecule has 0 aromatic carbocycles. The van der Waals surface area contributed by atoms with Gasteiger partial charge in [0.1, 0.15) is 18.2 Å². The molecule has 1 saturated heterocycles. The van der Waals surface area contributed by atoms with Crippen LogP contribution in [0, 0.1) is 11.3 Å². The van der Waals surface area contributed by atoms with E-state index in [9.17, 15) is 0 Å². The number of hydrogen-bond acceptors (Lipinski definition) is 8. The first-order chi connectivity index (χ1) is 14.6. The van der Waals surface area contributed by atoms with Gasteiger partial charge in [0.2, 0.25) is 5.76 Å². The molecule has 5 heterocycles. The fraction of sp³-hybridized carbons (Fsp3) is 0.381. The van der Waals surface area contributed by atoms with E-state index in [1.165, 1.54) is 0 Å². The SMILES string of the molecule is CC1C=C(Nc2cc(C3CCCNC3)nc3c(-c4coc(C#N)c4)cnn23)SN1C. The molecule has 2 unspecified atom stereocenters. The molecule has 1 fully saturated rings. The molecule has 3 aromatic rings. The van der Waals surface area contributed by atoms with Crippen LogP contribution in [0.25, 0.3) is 16.8 Å². The molecule has 0 spiro atoms.